The maximum absolute atomic E-state index is 12.8. The Kier molecular flexibility index (Phi) is 7.01. The summed E-state index contributed by atoms with van der Waals surface area (Å²) in [7, 11) is 0. The third-order valence-corrected chi connectivity index (χ3v) is 5.02. The minimum absolute atomic E-state index is 0.207. The van der Waals surface area contributed by atoms with Gasteiger partial charge in [-0.25, -0.2) is 0 Å². The number of benzene rings is 3. The zero-order valence-corrected chi connectivity index (χ0v) is 18.2. The molecule has 0 radical (unpaired) electrons. The van der Waals surface area contributed by atoms with Crippen LogP contribution in [0.4, 0.5) is 11.4 Å². The number of hydrogen-bond donors (Lipinski definition) is 2. The fourth-order valence-electron chi connectivity index (χ4n) is 3.22. The second kappa shape index (κ2) is 10.7. The molecular formula is C27H21N3O4. The molecule has 2 amide bonds. The van der Waals surface area contributed by atoms with Gasteiger partial charge < -0.3 is 19.8 Å². The quantitative estimate of drug-likeness (QED) is 0.372. The summed E-state index contributed by atoms with van der Waals surface area (Å²) in [6.45, 7) is 0.270. The average molecular weight is 451 g/mol. The van der Waals surface area contributed by atoms with E-state index in [4.69, 9.17) is 14.4 Å². The lowest BCUT2D eigenvalue weighted by Gasteiger charge is -2.13. The van der Waals surface area contributed by atoms with Crippen LogP contribution >= 0.6 is 0 Å². The Morgan fingerprint density at radius 2 is 1.62 bits per heavy atom. The van der Waals surface area contributed by atoms with Crippen molar-refractivity contribution in [3.8, 4) is 11.8 Å². The number of amides is 2. The second-order valence-electron chi connectivity index (χ2n) is 7.39. The van der Waals surface area contributed by atoms with E-state index < -0.39 is 0 Å². The molecule has 0 saturated carbocycles. The van der Waals surface area contributed by atoms with Crippen LogP contribution in [0.1, 0.15) is 32.0 Å². The monoisotopic (exact) mass is 451 g/mol. The molecule has 7 nitrogen and oxygen atoms in total. The Hall–Kier alpha value is -4.83. The first-order valence-electron chi connectivity index (χ1n) is 10.6. The van der Waals surface area contributed by atoms with Crippen molar-refractivity contribution in [1.82, 2.24) is 0 Å². The Morgan fingerprint density at radius 3 is 2.32 bits per heavy atom. The molecule has 1 aromatic heterocycles. The van der Waals surface area contributed by atoms with Crippen molar-refractivity contribution in [2.75, 3.05) is 10.6 Å². The van der Waals surface area contributed by atoms with Gasteiger partial charge in [0.25, 0.3) is 11.8 Å². The van der Waals surface area contributed by atoms with Gasteiger partial charge in [-0.15, -0.1) is 0 Å². The van der Waals surface area contributed by atoms with Crippen LogP contribution in [0.5, 0.6) is 5.75 Å². The van der Waals surface area contributed by atoms with Crippen molar-refractivity contribution >= 4 is 23.2 Å². The highest BCUT2D eigenvalue weighted by atomic mass is 16.5. The van der Waals surface area contributed by atoms with Gasteiger partial charge in [0.1, 0.15) is 12.4 Å². The van der Waals surface area contributed by atoms with Crippen LogP contribution in [0.25, 0.3) is 0 Å². The van der Waals surface area contributed by atoms with Crippen molar-refractivity contribution in [3.63, 3.8) is 0 Å². The van der Waals surface area contributed by atoms with Crippen LogP contribution < -0.4 is 15.4 Å². The number of anilines is 2. The lowest BCUT2D eigenvalue weighted by molar-refractivity contribution is 0.0995. The first-order valence-corrected chi connectivity index (χ1v) is 10.6. The molecule has 2 N–H and O–H groups in total. The van der Waals surface area contributed by atoms with Gasteiger partial charge >= 0.3 is 0 Å². The lowest BCUT2D eigenvalue weighted by Crippen LogP contribution is -2.14. The Labute approximate surface area is 196 Å². The number of furan rings is 1. The fourth-order valence-corrected chi connectivity index (χ4v) is 3.22. The molecule has 3 aromatic carbocycles. The number of carbonyl (C=O) groups excluding carboxylic acids is 2. The molecule has 0 aliphatic rings. The molecule has 0 saturated heterocycles. The highest BCUT2D eigenvalue weighted by molar-refractivity contribution is 6.05. The molecule has 0 bridgehead atoms. The minimum atomic E-state index is -0.365. The maximum atomic E-state index is 12.8. The van der Waals surface area contributed by atoms with Crippen LogP contribution in [-0.2, 0) is 13.0 Å². The van der Waals surface area contributed by atoms with Crippen LogP contribution in [0.3, 0.4) is 0 Å². The van der Waals surface area contributed by atoms with Gasteiger partial charge in [0.2, 0.25) is 0 Å². The van der Waals surface area contributed by atoms with Crippen LogP contribution in [0, 0.1) is 11.3 Å². The fraction of sp³-hybridized carbons (Fsp3) is 0.0741. The van der Waals surface area contributed by atoms with E-state index in [0.717, 1.165) is 11.1 Å². The zero-order chi connectivity index (χ0) is 23.8. The standard InChI is InChI=1S/C27H21N3O4/c28-16-15-19-7-13-23(14-8-19)34-18-21-4-1-2-5-24(21)30-26(31)20-9-11-22(12-10-20)29-27(32)25-6-3-17-33-25/h1-14,17H,15,18H2,(H,29,32)(H,30,31). The smallest absolute Gasteiger partial charge is 0.291 e. The predicted molar refractivity (Wildman–Crippen MR) is 128 cm³/mol. The van der Waals surface area contributed by atoms with Gasteiger partial charge in [0.05, 0.1) is 18.8 Å². The van der Waals surface area contributed by atoms with Gasteiger partial charge in [-0.05, 0) is 60.2 Å². The average Bonchev–Trinajstić information content (AvgIpc) is 3.40. The van der Waals surface area contributed by atoms with E-state index in [2.05, 4.69) is 16.7 Å². The van der Waals surface area contributed by atoms with Crippen molar-refractivity contribution in [1.29, 1.82) is 5.26 Å². The van der Waals surface area contributed by atoms with Gasteiger partial charge in [-0.1, -0.05) is 30.3 Å². The van der Waals surface area contributed by atoms with Crippen molar-refractivity contribution in [3.05, 3.63) is 114 Å². The molecule has 4 aromatic rings. The minimum Gasteiger partial charge on any atom is -0.489 e. The summed E-state index contributed by atoms with van der Waals surface area (Å²) in [6.07, 6.45) is 1.78. The summed E-state index contributed by atoms with van der Waals surface area (Å²) < 4.78 is 10.9. The SMILES string of the molecule is N#CCc1ccc(OCc2ccccc2NC(=O)c2ccc(NC(=O)c3ccco3)cc2)cc1. The third kappa shape index (κ3) is 5.69. The van der Waals surface area contributed by atoms with Gasteiger partial charge in [0, 0.05) is 22.5 Å². The second-order valence-corrected chi connectivity index (χ2v) is 7.39. The summed E-state index contributed by atoms with van der Waals surface area (Å²) >= 11 is 0. The number of carbonyl (C=O) groups is 2. The number of nitriles is 1. The third-order valence-electron chi connectivity index (χ3n) is 5.02. The number of ether oxygens (including phenoxy) is 1. The van der Waals surface area contributed by atoms with E-state index in [0.29, 0.717) is 29.1 Å². The molecule has 0 atom stereocenters. The van der Waals surface area contributed by atoms with Crippen molar-refractivity contribution < 1.29 is 18.7 Å². The largest absolute Gasteiger partial charge is 0.489 e. The summed E-state index contributed by atoms with van der Waals surface area (Å²) in [5, 5.41) is 14.4. The van der Waals surface area contributed by atoms with E-state index in [1.54, 1.807) is 36.4 Å². The van der Waals surface area contributed by atoms with E-state index in [-0.39, 0.29) is 24.2 Å². The van der Waals surface area contributed by atoms with Crippen LogP contribution in [0.2, 0.25) is 0 Å². The molecule has 168 valence electrons. The maximum Gasteiger partial charge on any atom is 0.291 e. The van der Waals surface area contributed by atoms with Crippen molar-refractivity contribution in [2.24, 2.45) is 0 Å². The van der Waals surface area contributed by atoms with Crippen LogP contribution in [0.15, 0.2) is 95.6 Å². The molecular weight excluding hydrogens is 430 g/mol. The predicted octanol–water partition coefficient (Wildman–Crippen LogP) is 5.43. The summed E-state index contributed by atoms with van der Waals surface area (Å²) in [5.74, 6) is 0.238. The van der Waals surface area contributed by atoms with E-state index in [1.807, 2.05) is 48.5 Å². The number of nitrogens with one attached hydrogen (secondary N) is 2. The molecule has 7 heteroatoms. The van der Waals surface area contributed by atoms with E-state index in [1.165, 1.54) is 6.26 Å². The first kappa shape index (κ1) is 22.4. The molecule has 34 heavy (non-hydrogen) atoms. The summed E-state index contributed by atoms with van der Waals surface area (Å²) in [4.78, 5) is 24.9. The molecule has 4 rings (SSSR count). The molecule has 0 spiro atoms. The molecule has 0 aliphatic carbocycles. The van der Waals surface area contributed by atoms with Gasteiger partial charge in [0.15, 0.2) is 5.76 Å². The number of para-hydroxylation sites is 1. The zero-order valence-electron chi connectivity index (χ0n) is 18.2. The highest BCUT2D eigenvalue weighted by Crippen LogP contribution is 2.21. The molecule has 0 aliphatic heterocycles. The number of hydrogen-bond acceptors (Lipinski definition) is 5. The summed E-state index contributed by atoms with van der Waals surface area (Å²) in [6, 6.07) is 26.6. The molecule has 0 unspecified atom stereocenters. The number of nitrogens with zero attached hydrogens (tertiary/aromatic N) is 1. The summed E-state index contributed by atoms with van der Waals surface area (Å²) in [5.41, 5.74) is 3.38. The van der Waals surface area contributed by atoms with Crippen LogP contribution in [-0.4, -0.2) is 11.8 Å². The first-order chi connectivity index (χ1) is 16.6. The normalized spacial score (nSPS) is 10.2. The van der Waals surface area contributed by atoms with Crippen molar-refractivity contribution in [2.45, 2.75) is 13.0 Å². The van der Waals surface area contributed by atoms with E-state index >= 15 is 0 Å². The Morgan fingerprint density at radius 1 is 0.853 bits per heavy atom. The van der Waals surface area contributed by atoms with Gasteiger partial charge in [-0.2, -0.15) is 5.26 Å². The molecule has 1 heterocycles. The topological polar surface area (TPSA) is 104 Å². The Balaban J connectivity index is 1.37. The van der Waals surface area contributed by atoms with E-state index in [9.17, 15) is 9.59 Å². The Bertz CT molecular complexity index is 1310. The number of rotatable bonds is 8. The lowest BCUT2D eigenvalue weighted by atomic mass is 10.1. The highest BCUT2D eigenvalue weighted by Gasteiger charge is 2.12. The molecule has 0 fully saturated rings. The van der Waals surface area contributed by atoms with Gasteiger partial charge in [-0.3, -0.25) is 9.59 Å².